The molecule has 1 aromatic heterocycles. The molecule has 4 nitrogen and oxygen atoms in total. The number of hydrogen-bond acceptors (Lipinski definition) is 2. The number of hydrogen-bond donors (Lipinski definition) is 1. The molecule has 0 aliphatic carbocycles. The molecule has 0 aliphatic heterocycles. The van der Waals surface area contributed by atoms with E-state index in [1.54, 1.807) is 12.5 Å². The van der Waals surface area contributed by atoms with E-state index in [0.717, 1.165) is 12.2 Å². The Morgan fingerprint density at radius 2 is 2.38 bits per heavy atom. The van der Waals surface area contributed by atoms with Gasteiger partial charge in [-0.15, -0.1) is 11.6 Å². The fourth-order valence-electron chi connectivity index (χ4n) is 1.29. The maximum Gasteiger partial charge on any atom is 0.221 e. The van der Waals surface area contributed by atoms with Crippen LogP contribution in [0.4, 0.5) is 0 Å². The molecule has 1 rings (SSSR count). The molecule has 16 heavy (non-hydrogen) atoms. The zero-order valence-corrected chi connectivity index (χ0v) is 10.5. The molecule has 1 heterocycles. The Morgan fingerprint density at radius 3 is 3.00 bits per heavy atom. The summed E-state index contributed by atoms with van der Waals surface area (Å²) in [6, 6.07) is 0. The van der Waals surface area contributed by atoms with E-state index in [1.165, 1.54) is 0 Å². The van der Waals surface area contributed by atoms with E-state index in [0.29, 0.717) is 24.8 Å². The predicted molar refractivity (Wildman–Crippen MR) is 64.2 cm³/mol. The van der Waals surface area contributed by atoms with Gasteiger partial charge in [-0.2, -0.15) is 0 Å². The van der Waals surface area contributed by atoms with E-state index in [4.69, 9.17) is 11.6 Å². The molecule has 0 aromatic carbocycles. The lowest BCUT2D eigenvalue weighted by Crippen LogP contribution is -2.28. The third-order valence-corrected chi connectivity index (χ3v) is 2.50. The molecule has 0 saturated carbocycles. The fourth-order valence-corrected chi connectivity index (χ4v) is 1.51. The molecule has 90 valence electrons. The maximum atomic E-state index is 11.5. The third-order valence-electron chi connectivity index (χ3n) is 2.22. The van der Waals surface area contributed by atoms with Crippen LogP contribution in [0.25, 0.3) is 0 Å². The summed E-state index contributed by atoms with van der Waals surface area (Å²) in [5.41, 5.74) is 0.943. The van der Waals surface area contributed by atoms with Gasteiger partial charge in [-0.25, -0.2) is 4.98 Å². The van der Waals surface area contributed by atoms with E-state index >= 15 is 0 Å². The molecule has 5 heteroatoms. The Labute approximate surface area is 101 Å². The first-order valence-electron chi connectivity index (χ1n) is 5.45. The van der Waals surface area contributed by atoms with Crippen LogP contribution < -0.4 is 5.32 Å². The van der Waals surface area contributed by atoms with Gasteiger partial charge in [0, 0.05) is 25.7 Å². The summed E-state index contributed by atoms with van der Waals surface area (Å²) in [5, 5.41) is 2.88. The average molecular weight is 244 g/mol. The van der Waals surface area contributed by atoms with E-state index in [2.05, 4.69) is 24.1 Å². The number of carbonyl (C=O) groups is 1. The van der Waals surface area contributed by atoms with Crippen molar-refractivity contribution in [1.29, 1.82) is 0 Å². The van der Waals surface area contributed by atoms with Crippen molar-refractivity contribution in [3.63, 3.8) is 0 Å². The summed E-state index contributed by atoms with van der Waals surface area (Å²) in [4.78, 5) is 15.5. The Balaban J connectivity index is 2.31. The van der Waals surface area contributed by atoms with Crippen molar-refractivity contribution >= 4 is 17.5 Å². The molecule has 0 bridgehead atoms. The third kappa shape index (κ3) is 4.23. The number of imidazole rings is 1. The highest BCUT2D eigenvalue weighted by atomic mass is 35.5. The van der Waals surface area contributed by atoms with Gasteiger partial charge in [0.25, 0.3) is 0 Å². The summed E-state index contributed by atoms with van der Waals surface area (Å²) in [7, 11) is 0. The van der Waals surface area contributed by atoms with E-state index in [9.17, 15) is 4.79 Å². The lowest BCUT2D eigenvalue weighted by Gasteiger charge is -2.08. The molecule has 0 fully saturated rings. The molecular weight excluding hydrogens is 226 g/mol. The van der Waals surface area contributed by atoms with E-state index in [1.807, 2.05) is 4.57 Å². The van der Waals surface area contributed by atoms with Gasteiger partial charge in [-0.05, 0) is 5.92 Å². The van der Waals surface area contributed by atoms with Crippen LogP contribution in [-0.4, -0.2) is 22.0 Å². The monoisotopic (exact) mass is 243 g/mol. The Morgan fingerprint density at radius 1 is 1.62 bits per heavy atom. The van der Waals surface area contributed by atoms with Crippen molar-refractivity contribution < 1.29 is 4.79 Å². The molecule has 0 unspecified atom stereocenters. The Kier molecular flexibility index (Phi) is 5.32. The van der Waals surface area contributed by atoms with Crippen LogP contribution in [0.15, 0.2) is 12.5 Å². The second-order valence-corrected chi connectivity index (χ2v) is 4.43. The van der Waals surface area contributed by atoms with Gasteiger partial charge in [0.1, 0.15) is 0 Å². The van der Waals surface area contributed by atoms with Crippen LogP contribution in [0, 0.1) is 5.92 Å². The van der Waals surface area contributed by atoms with Gasteiger partial charge in [0.15, 0.2) is 0 Å². The first-order valence-corrected chi connectivity index (χ1v) is 5.98. The van der Waals surface area contributed by atoms with Gasteiger partial charge in [0.2, 0.25) is 5.91 Å². The number of aryl methyl sites for hydroxylation is 1. The zero-order valence-electron chi connectivity index (χ0n) is 9.74. The van der Waals surface area contributed by atoms with Crippen LogP contribution in [0.1, 0.15) is 26.0 Å². The van der Waals surface area contributed by atoms with Crippen LogP contribution in [0.2, 0.25) is 0 Å². The highest BCUT2D eigenvalue weighted by molar-refractivity contribution is 6.16. The smallest absolute Gasteiger partial charge is 0.221 e. The number of amides is 1. The molecule has 0 saturated heterocycles. The van der Waals surface area contributed by atoms with Crippen LogP contribution in [-0.2, 0) is 17.2 Å². The van der Waals surface area contributed by atoms with Crippen molar-refractivity contribution in [3.05, 3.63) is 18.2 Å². The number of halogens is 1. The fraction of sp³-hybridized carbons (Fsp3) is 0.636. The summed E-state index contributed by atoms with van der Waals surface area (Å²) in [5.74, 6) is 0.978. The quantitative estimate of drug-likeness (QED) is 0.775. The van der Waals surface area contributed by atoms with Gasteiger partial charge in [-0.1, -0.05) is 13.8 Å². The molecule has 1 N–H and O–H groups in total. The minimum atomic E-state index is 0.0722. The standard InChI is InChI=1S/C11H18ClN3O/c1-9(2)6-14-11(16)3-4-15-8-13-7-10(15)5-12/h7-9H,3-6H2,1-2H3,(H,14,16). The first-order chi connectivity index (χ1) is 7.63. The Hall–Kier alpha value is -1.03. The Bertz CT molecular complexity index is 336. The van der Waals surface area contributed by atoms with Crippen molar-refractivity contribution in [3.8, 4) is 0 Å². The molecule has 0 atom stereocenters. The topological polar surface area (TPSA) is 46.9 Å². The number of aromatic nitrogens is 2. The van der Waals surface area contributed by atoms with Gasteiger partial charge >= 0.3 is 0 Å². The number of nitrogens with one attached hydrogen (secondary N) is 1. The number of carbonyl (C=O) groups excluding carboxylic acids is 1. The van der Waals surface area contributed by atoms with Crippen molar-refractivity contribution in [1.82, 2.24) is 14.9 Å². The van der Waals surface area contributed by atoms with Crippen LogP contribution >= 0.6 is 11.6 Å². The van der Waals surface area contributed by atoms with Crippen molar-refractivity contribution in [2.24, 2.45) is 5.92 Å². The van der Waals surface area contributed by atoms with Crippen molar-refractivity contribution in [2.75, 3.05) is 6.54 Å². The molecule has 0 spiro atoms. The van der Waals surface area contributed by atoms with Gasteiger partial charge < -0.3 is 9.88 Å². The normalized spacial score (nSPS) is 10.8. The maximum absolute atomic E-state index is 11.5. The van der Waals surface area contributed by atoms with E-state index in [-0.39, 0.29) is 5.91 Å². The van der Waals surface area contributed by atoms with Crippen LogP contribution in [0.5, 0.6) is 0 Å². The van der Waals surface area contributed by atoms with Crippen molar-refractivity contribution in [2.45, 2.75) is 32.7 Å². The average Bonchev–Trinajstić information content (AvgIpc) is 2.70. The highest BCUT2D eigenvalue weighted by Crippen LogP contribution is 2.04. The predicted octanol–water partition coefficient (Wildman–Crippen LogP) is 1.78. The van der Waals surface area contributed by atoms with Gasteiger partial charge in [-0.3, -0.25) is 4.79 Å². The summed E-state index contributed by atoms with van der Waals surface area (Å²) in [6.45, 7) is 5.50. The summed E-state index contributed by atoms with van der Waals surface area (Å²) in [6.07, 6.45) is 3.89. The lowest BCUT2D eigenvalue weighted by molar-refractivity contribution is -0.121. The molecule has 0 radical (unpaired) electrons. The first kappa shape index (κ1) is 13.0. The molecular formula is C11H18ClN3O. The summed E-state index contributed by atoms with van der Waals surface area (Å²) < 4.78 is 1.90. The van der Waals surface area contributed by atoms with Gasteiger partial charge in [0.05, 0.1) is 17.9 Å². The second-order valence-electron chi connectivity index (χ2n) is 4.16. The molecule has 0 aliphatic rings. The largest absolute Gasteiger partial charge is 0.356 e. The lowest BCUT2D eigenvalue weighted by atomic mass is 10.2. The number of nitrogens with zero attached hydrogens (tertiary/aromatic N) is 2. The minimum Gasteiger partial charge on any atom is -0.356 e. The molecule has 1 amide bonds. The van der Waals surface area contributed by atoms with Crippen LogP contribution in [0.3, 0.4) is 0 Å². The number of rotatable bonds is 6. The summed E-state index contributed by atoms with van der Waals surface area (Å²) >= 11 is 5.73. The number of alkyl halides is 1. The van der Waals surface area contributed by atoms with E-state index < -0.39 is 0 Å². The SMILES string of the molecule is CC(C)CNC(=O)CCn1cncc1CCl. The minimum absolute atomic E-state index is 0.0722. The molecule has 1 aromatic rings. The second kappa shape index (κ2) is 6.53. The highest BCUT2D eigenvalue weighted by Gasteiger charge is 2.05. The zero-order chi connectivity index (χ0) is 12.0.